The molecule has 0 amide bonds. The van der Waals surface area contributed by atoms with Crippen molar-refractivity contribution >= 4 is 22.9 Å². The molecule has 1 atom stereocenters. The number of aromatic nitrogens is 1. The summed E-state index contributed by atoms with van der Waals surface area (Å²) in [6, 6.07) is 0.358. The lowest BCUT2D eigenvalue weighted by atomic mass is 10.2. The zero-order valence-corrected chi connectivity index (χ0v) is 11.0. The van der Waals surface area contributed by atoms with Crippen LogP contribution in [0.1, 0.15) is 28.5 Å². The number of alkyl halides is 1. The van der Waals surface area contributed by atoms with Crippen molar-refractivity contribution in [3.63, 3.8) is 0 Å². The number of thiazole rings is 1. The lowest BCUT2D eigenvalue weighted by molar-refractivity contribution is 0.622. The maximum absolute atomic E-state index is 5.54. The average Bonchev–Trinajstić information content (AvgIpc) is 2.52. The second-order valence-electron chi connectivity index (χ2n) is 3.44. The van der Waals surface area contributed by atoms with Crippen LogP contribution in [-0.2, 0) is 0 Å². The highest BCUT2D eigenvalue weighted by atomic mass is 35.5. The van der Waals surface area contributed by atoms with E-state index in [4.69, 9.17) is 11.6 Å². The first-order valence-electron chi connectivity index (χ1n) is 5.03. The third-order valence-electron chi connectivity index (χ3n) is 2.13. The number of rotatable bonds is 5. The van der Waals surface area contributed by atoms with Crippen molar-refractivity contribution in [1.82, 2.24) is 10.3 Å². The van der Waals surface area contributed by atoms with E-state index in [0.29, 0.717) is 11.9 Å². The van der Waals surface area contributed by atoms with Crippen LogP contribution in [0.2, 0.25) is 0 Å². The monoisotopic (exact) mass is 244 g/mol. The predicted molar refractivity (Wildman–Crippen MR) is 67.9 cm³/mol. The lowest BCUT2D eigenvalue weighted by Gasteiger charge is -2.10. The maximum Gasteiger partial charge on any atom is 0.0900 e. The van der Waals surface area contributed by atoms with Crippen LogP contribution in [-0.4, -0.2) is 17.4 Å². The Labute approximate surface area is 100 Å². The number of nitrogens with zero attached hydrogens (tertiary/aromatic N) is 1. The molecule has 0 aliphatic carbocycles. The van der Waals surface area contributed by atoms with E-state index in [1.54, 1.807) is 11.3 Å². The molecule has 1 aromatic heterocycles. The fourth-order valence-electron chi connectivity index (χ4n) is 1.43. The van der Waals surface area contributed by atoms with Gasteiger partial charge in [0.05, 0.1) is 10.7 Å². The highest BCUT2D eigenvalue weighted by molar-refractivity contribution is 7.11. The van der Waals surface area contributed by atoms with E-state index in [-0.39, 0.29) is 0 Å². The summed E-state index contributed by atoms with van der Waals surface area (Å²) in [6.45, 7) is 7.12. The van der Waals surface area contributed by atoms with Gasteiger partial charge in [0.15, 0.2) is 0 Å². The number of nitrogens with one attached hydrogen (secondary N) is 1. The van der Waals surface area contributed by atoms with Gasteiger partial charge in [0.25, 0.3) is 0 Å². The summed E-state index contributed by atoms with van der Waals surface area (Å²) >= 11 is 7.30. The summed E-state index contributed by atoms with van der Waals surface area (Å²) < 4.78 is 0. The van der Waals surface area contributed by atoms with Crippen molar-refractivity contribution in [3.05, 3.63) is 27.7 Å². The van der Waals surface area contributed by atoms with Gasteiger partial charge in [-0.05, 0) is 20.8 Å². The van der Waals surface area contributed by atoms with E-state index in [1.165, 1.54) is 4.88 Å². The minimum atomic E-state index is 0.358. The van der Waals surface area contributed by atoms with Crippen molar-refractivity contribution in [2.75, 3.05) is 12.4 Å². The summed E-state index contributed by atoms with van der Waals surface area (Å²) in [5.41, 5.74) is 1.14. The van der Waals surface area contributed by atoms with Crippen molar-refractivity contribution < 1.29 is 0 Å². The molecular weight excluding hydrogens is 228 g/mol. The van der Waals surface area contributed by atoms with Crippen molar-refractivity contribution in [1.29, 1.82) is 0 Å². The van der Waals surface area contributed by atoms with Crippen molar-refractivity contribution in [3.8, 4) is 0 Å². The molecule has 0 bridgehead atoms. The zero-order chi connectivity index (χ0) is 11.3. The molecule has 1 rings (SSSR count). The van der Waals surface area contributed by atoms with Crippen LogP contribution < -0.4 is 5.32 Å². The second-order valence-corrected chi connectivity index (χ2v) is 4.98. The third kappa shape index (κ3) is 3.93. The molecule has 0 saturated carbocycles. The smallest absolute Gasteiger partial charge is 0.0900 e. The summed E-state index contributed by atoms with van der Waals surface area (Å²) in [5.74, 6) is 0.578. The van der Waals surface area contributed by atoms with Gasteiger partial charge in [0.2, 0.25) is 0 Å². The molecule has 1 N–H and O–H groups in total. The summed E-state index contributed by atoms with van der Waals surface area (Å²) in [4.78, 5) is 5.74. The lowest BCUT2D eigenvalue weighted by Crippen LogP contribution is -2.18. The minimum absolute atomic E-state index is 0.358. The molecule has 0 fully saturated rings. The predicted octanol–water partition coefficient (Wildman–Crippen LogP) is 3.21. The molecule has 0 radical (unpaired) electrons. The quantitative estimate of drug-likeness (QED) is 0.636. The minimum Gasteiger partial charge on any atom is -0.306 e. The average molecular weight is 245 g/mol. The molecule has 84 valence electrons. The Bertz CT molecular complexity index is 333. The van der Waals surface area contributed by atoms with E-state index in [0.717, 1.165) is 17.2 Å². The second kappa shape index (κ2) is 6.26. The van der Waals surface area contributed by atoms with Gasteiger partial charge in [-0.2, -0.15) is 0 Å². The molecule has 1 heterocycles. The van der Waals surface area contributed by atoms with Crippen LogP contribution in [0.4, 0.5) is 0 Å². The third-order valence-corrected chi connectivity index (χ3v) is 3.56. The number of halogens is 1. The first-order chi connectivity index (χ1) is 7.15. The van der Waals surface area contributed by atoms with E-state index in [1.807, 2.05) is 19.1 Å². The maximum atomic E-state index is 5.54. The molecule has 15 heavy (non-hydrogen) atoms. The van der Waals surface area contributed by atoms with Crippen molar-refractivity contribution in [2.45, 2.75) is 26.8 Å². The molecule has 0 saturated heterocycles. The Morgan fingerprint density at radius 1 is 1.47 bits per heavy atom. The molecule has 0 aromatic carbocycles. The highest BCUT2D eigenvalue weighted by Gasteiger charge is 2.11. The number of hydrogen-bond acceptors (Lipinski definition) is 3. The molecule has 0 aliphatic rings. The summed E-state index contributed by atoms with van der Waals surface area (Å²) in [6.07, 6.45) is 4.00. The van der Waals surface area contributed by atoms with Crippen molar-refractivity contribution in [2.24, 2.45) is 0 Å². The van der Waals surface area contributed by atoms with E-state index in [9.17, 15) is 0 Å². The van der Waals surface area contributed by atoms with Crippen LogP contribution in [0.25, 0.3) is 0 Å². The molecule has 0 spiro atoms. The van der Waals surface area contributed by atoms with Crippen LogP contribution in [0.3, 0.4) is 0 Å². The van der Waals surface area contributed by atoms with Gasteiger partial charge in [0.1, 0.15) is 0 Å². The van der Waals surface area contributed by atoms with Gasteiger partial charge >= 0.3 is 0 Å². The summed E-state index contributed by atoms with van der Waals surface area (Å²) in [7, 11) is 0. The van der Waals surface area contributed by atoms with E-state index in [2.05, 4.69) is 24.1 Å². The molecule has 0 aliphatic heterocycles. The highest BCUT2D eigenvalue weighted by Crippen LogP contribution is 2.23. The van der Waals surface area contributed by atoms with Crippen LogP contribution in [0, 0.1) is 13.8 Å². The molecular formula is C11H17ClN2S. The van der Waals surface area contributed by atoms with Crippen LogP contribution in [0.15, 0.2) is 12.2 Å². The Kier molecular flexibility index (Phi) is 5.29. The largest absolute Gasteiger partial charge is 0.306 e. The van der Waals surface area contributed by atoms with Crippen LogP contribution >= 0.6 is 22.9 Å². The fraction of sp³-hybridized carbons (Fsp3) is 0.545. The zero-order valence-electron chi connectivity index (χ0n) is 9.38. The number of hydrogen-bond donors (Lipinski definition) is 1. The topological polar surface area (TPSA) is 24.9 Å². The van der Waals surface area contributed by atoms with Gasteiger partial charge in [-0.3, -0.25) is 0 Å². The van der Waals surface area contributed by atoms with Gasteiger partial charge in [-0.25, -0.2) is 4.98 Å². The SMILES string of the molecule is Cc1nc(C)c(C(C)NC/C=C/CCl)s1. The molecule has 1 aromatic rings. The van der Waals surface area contributed by atoms with E-state index >= 15 is 0 Å². The van der Waals surface area contributed by atoms with E-state index < -0.39 is 0 Å². The van der Waals surface area contributed by atoms with Gasteiger partial charge in [-0.15, -0.1) is 22.9 Å². The first-order valence-corrected chi connectivity index (χ1v) is 6.38. The Balaban J connectivity index is 2.50. The van der Waals surface area contributed by atoms with Crippen LogP contribution in [0.5, 0.6) is 0 Å². The Morgan fingerprint density at radius 3 is 2.73 bits per heavy atom. The number of allylic oxidation sites excluding steroid dienone is 1. The molecule has 4 heteroatoms. The van der Waals surface area contributed by atoms with Gasteiger partial charge < -0.3 is 5.32 Å². The fourth-order valence-corrected chi connectivity index (χ4v) is 2.51. The van der Waals surface area contributed by atoms with Gasteiger partial charge in [0, 0.05) is 23.3 Å². The normalized spacial score (nSPS) is 13.6. The molecule has 2 nitrogen and oxygen atoms in total. The Morgan fingerprint density at radius 2 is 2.20 bits per heavy atom. The standard InChI is InChI=1S/C11H17ClN2S/c1-8(13-7-5-4-6-12)11-9(2)14-10(3)15-11/h4-5,8,13H,6-7H2,1-3H3/b5-4+. The van der Waals surface area contributed by atoms with Gasteiger partial charge in [-0.1, -0.05) is 12.2 Å². The summed E-state index contributed by atoms with van der Waals surface area (Å²) in [5, 5.41) is 4.54. The molecule has 1 unspecified atom stereocenters. The number of aryl methyl sites for hydroxylation is 2. The Hall–Kier alpha value is -0.380. The first kappa shape index (κ1) is 12.7.